The molecular formula is C12H12N2O3S. The van der Waals surface area contributed by atoms with E-state index >= 15 is 0 Å². The summed E-state index contributed by atoms with van der Waals surface area (Å²) in [6, 6.07) is 5.63. The zero-order valence-electron chi connectivity index (χ0n) is 9.71. The van der Waals surface area contributed by atoms with Gasteiger partial charge in [-0.15, -0.1) is 11.8 Å². The average molecular weight is 264 g/mol. The Labute approximate surface area is 108 Å². The summed E-state index contributed by atoms with van der Waals surface area (Å²) in [5, 5.41) is 12.4. The minimum absolute atomic E-state index is 0.101. The fourth-order valence-corrected chi connectivity index (χ4v) is 2.48. The van der Waals surface area contributed by atoms with E-state index in [1.807, 2.05) is 25.1 Å². The molecule has 94 valence electrons. The van der Waals surface area contributed by atoms with Gasteiger partial charge in [0, 0.05) is 10.6 Å². The summed E-state index contributed by atoms with van der Waals surface area (Å²) >= 11 is 1.47. The molecular weight excluding hydrogens is 252 g/mol. The molecule has 0 unspecified atom stereocenters. The van der Waals surface area contributed by atoms with Gasteiger partial charge in [-0.25, -0.2) is 4.79 Å². The number of nitrogens with zero attached hydrogens (tertiary/aromatic N) is 1. The lowest BCUT2D eigenvalue weighted by atomic mass is 10.2. The minimum Gasteiger partial charge on any atom is -0.478 e. The summed E-state index contributed by atoms with van der Waals surface area (Å²) in [4.78, 5) is 11.9. The highest BCUT2D eigenvalue weighted by atomic mass is 32.2. The van der Waals surface area contributed by atoms with Crippen LogP contribution in [0.15, 0.2) is 33.8 Å². The van der Waals surface area contributed by atoms with Gasteiger partial charge < -0.3 is 15.4 Å². The molecule has 0 atom stereocenters. The number of hydrogen-bond acceptors (Lipinski definition) is 5. The van der Waals surface area contributed by atoms with Crippen LogP contribution < -0.4 is 5.73 Å². The molecule has 18 heavy (non-hydrogen) atoms. The van der Waals surface area contributed by atoms with Gasteiger partial charge in [0.15, 0.2) is 5.76 Å². The van der Waals surface area contributed by atoms with E-state index in [4.69, 9.17) is 15.4 Å². The molecule has 1 aromatic heterocycles. The molecule has 0 saturated heterocycles. The van der Waals surface area contributed by atoms with E-state index in [9.17, 15) is 4.79 Å². The first kappa shape index (κ1) is 12.5. The van der Waals surface area contributed by atoms with Gasteiger partial charge in [-0.05, 0) is 24.6 Å². The number of carboxylic acid groups (broad SMARTS) is 1. The highest BCUT2D eigenvalue weighted by molar-refractivity contribution is 7.98. The number of anilines is 1. The summed E-state index contributed by atoms with van der Waals surface area (Å²) in [5.74, 6) is -0.267. The Morgan fingerprint density at radius 3 is 3.06 bits per heavy atom. The maximum atomic E-state index is 10.9. The first-order valence-corrected chi connectivity index (χ1v) is 6.23. The number of aromatic nitrogens is 1. The largest absolute Gasteiger partial charge is 0.478 e. The summed E-state index contributed by atoms with van der Waals surface area (Å²) in [7, 11) is 0. The van der Waals surface area contributed by atoms with Crippen molar-refractivity contribution in [2.24, 2.45) is 0 Å². The number of rotatable bonds is 4. The predicted octanol–water partition coefficient (Wildman–Crippen LogP) is 2.56. The summed E-state index contributed by atoms with van der Waals surface area (Å²) < 4.78 is 4.93. The second kappa shape index (κ2) is 5.14. The Balaban J connectivity index is 2.14. The molecule has 2 rings (SSSR count). The average Bonchev–Trinajstić information content (AvgIpc) is 2.79. The highest BCUT2D eigenvalue weighted by Crippen LogP contribution is 2.29. The normalized spacial score (nSPS) is 10.5. The van der Waals surface area contributed by atoms with Crippen molar-refractivity contribution in [3.8, 4) is 0 Å². The van der Waals surface area contributed by atoms with Crippen molar-refractivity contribution >= 4 is 23.4 Å². The van der Waals surface area contributed by atoms with Crippen LogP contribution in [0.3, 0.4) is 0 Å². The fourth-order valence-electron chi connectivity index (χ4n) is 1.47. The maximum absolute atomic E-state index is 10.9. The Morgan fingerprint density at radius 1 is 1.56 bits per heavy atom. The van der Waals surface area contributed by atoms with Crippen LogP contribution >= 0.6 is 11.8 Å². The molecule has 0 fully saturated rings. The highest BCUT2D eigenvalue weighted by Gasteiger charge is 2.15. The fraction of sp³-hybridized carbons (Fsp3) is 0.167. The lowest BCUT2D eigenvalue weighted by molar-refractivity contribution is 0.0695. The third-order valence-corrected chi connectivity index (χ3v) is 3.72. The third kappa shape index (κ3) is 2.48. The van der Waals surface area contributed by atoms with Crippen LogP contribution in [-0.4, -0.2) is 16.2 Å². The molecule has 1 aromatic carbocycles. The van der Waals surface area contributed by atoms with Crippen molar-refractivity contribution in [2.45, 2.75) is 17.6 Å². The maximum Gasteiger partial charge on any atom is 0.341 e. The number of hydrogen-bond donors (Lipinski definition) is 2. The van der Waals surface area contributed by atoms with Crippen LogP contribution in [0, 0.1) is 6.92 Å². The first-order valence-electron chi connectivity index (χ1n) is 5.24. The Bertz CT molecular complexity index is 580. The van der Waals surface area contributed by atoms with Crippen molar-refractivity contribution in [1.29, 1.82) is 0 Å². The number of benzene rings is 1. The van der Waals surface area contributed by atoms with E-state index in [0.717, 1.165) is 16.1 Å². The topological polar surface area (TPSA) is 89.4 Å². The Kier molecular flexibility index (Phi) is 3.57. The van der Waals surface area contributed by atoms with E-state index in [0.29, 0.717) is 11.5 Å². The number of carboxylic acids is 1. The van der Waals surface area contributed by atoms with Crippen molar-refractivity contribution in [3.05, 3.63) is 41.3 Å². The lowest BCUT2D eigenvalue weighted by Gasteiger charge is -2.06. The molecule has 0 aliphatic carbocycles. The molecule has 0 radical (unpaired) electrons. The monoisotopic (exact) mass is 264 g/mol. The molecule has 0 saturated carbocycles. The SMILES string of the molecule is Cc1c(N)cccc1SCc1oncc1C(=O)O. The molecule has 0 amide bonds. The molecule has 0 bridgehead atoms. The van der Waals surface area contributed by atoms with Crippen LogP contribution in [0.5, 0.6) is 0 Å². The Hall–Kier alpha value is -1.95. The van der Waals surface area contributed by atoms with Gasteiger partial charge in [-0.1, -0.05) is 11.2 Å². The zero-order chi connectivity index (χ0) is 13.1. The van der Waals surface area contributed by atoms with Crippen LogP contribution in [0.4, 0.5) is 5.69 Å². The summed E-state index contributed by atoms with van der Waals surface area (Å²) in [5.41, 5.74) is 7.61. The van der Waals surface area contributed by atoms with E-state index in [-0.39, 0.29) is 5.56 Å². The van der Waals surface area contributed by atoms with Gasteiger partial charge in [0.05, 0.1) is 11.9 Å². The molecule has 5 nitrogen and oxygen atoms in total. The van der Waals surface area contributed by atoms with Crippen molar-refractivity contribution in [3.63, 3.8) is 0 Å². The molecule has 2 aromatic rings. The van der Waals surface area contributed by atoms with Crippen molar-refractivity contribution in [2.75, 3.05) is 5.73 Å². The standard InChI is InChI=1S/C12H12N2O3S/c1-7-9(13)3-2-4-11(7)18-6-10-8(12(15)16)5-14-17-10/h2-5H,6,13H2,1H3,(H,15,16). The quantitative estimate of drug-likeness (QED) is 0.651. The number of nitrogen functional groups attached to an aromatic ring is 1. The lowest BCUT2D eigenvalue weighted by Crippen LogP contribution is -1.98. The zero-order valence-corrected chi connectivity index (χ0v) is 10.5. The van der Waals surface area contributed by atoms with Crippen LogP contribution in [0.25, 0.3) is 0 Å². The van der Waals surface area contributed by atoms with E-state index in [1.165, 1.54) is 18.0 Å². The van der Waals surface area contributed by atoms with Crippen LogP contribution in [-0.2, 0) is 5.75 Å². The van der Waals surface area contributed by atoms with E-state index in [2.05, 4.69) is 5.16 Å². The summed E-state index contributed by atoms with van der Waals surface area (Å²) in [6.45, 7) is 1.93. The van der Waals surface area contributed by atoms with Gasteiger partial charge >= 0.3 is 5.97 Å². The third-order valence-electron chi connectivity index (χ3n) is 2.56. The first-order chi connectivity index (χ1) is 8.59. The smallest absolute Gasteiger partial charge is 0.341 e. The van der Waals surface area contributed by atoms with Gasteiger partial charge in [-0.3, -0.25) is 0 Å². The minimum atomic E-state index is -1.03. The van der Waals surface area contributed by atoms with Crippen LogP contribution in [0.1, 0.15) is 21.7 Å². The molecule has 0 spiro atoms. The van der Waals surface area contributed by atoms with Gasteiger partial charge in [0.2, 0.25) is 0 Å². The van der Waals surface area contributed by atoms with Crippen molar-refractivity contribution < 1.29 is 14.4 Å². The molecule has 1 heterocycles. The second-order valence-corrected chi connectivity index (χ2v) is 4.74. The number of thioether (sulfide) groups is 1. The number of nitrogens with two attached hydrogens (primary N) is 1. The molecule has 6 heteroatoms. The van der Waals surface area contributed by atoms with Crippen molar-refractivity contribution in [1.82, 2.24) is 5.16 Å². The van der Waals surface area contributed by atoms with Crippen LogP contribution in [0.2, 0.25) is 0 Å². The predicted molar refractivity (Wildman–Crippen MR) is 68.6 cm³/mol. The van der Waals surface area contributed by atoms with Gasteiger partial charge in [-0.2, -0.15) is 0 Å². The number of aromatic carboxylic acids is 1. The molecule has 0 aliphatic rings. The molecule has 3 N–H and O–H groups in total. The van der Waals surface area contributed by atoms with Gasteiger partial charge in [0.1, 0.15) is 5.56 Å². The Morgan fingerprint density at radius 2 is 2.33 bits per heavy atom. The molecule has 0 aliphatic heterocycles. The second-order valence-electron chi connectivity index (χ2n) is 3.73. The van der Waals surface area contributed by atoms with Gasteiger partial charge in [0.25, 0.3) is 0 Å². The summed E-state index contributed by atoms with van der Waals surface area (Å²) in [6.07, 6.45) is 1.21. The number of carbonyl (C=O) groups is 1. The van der Waals surface area contributed by atoms with E-state index < -0.39 is 5.97 Å². The van der Waals surface area contributed by atoms with E-state index in [1.54, 1.807) is 0 Å².